The lowest BCUT2D eigenvalue weighted by Crippen LogP contribution is -2.05. The van der Waals surface area contributed by atoms with Gasteiger partial charge in [-0.25, -0.2) is 9.97 Å². The summed E-state index contributed by atoms with van der Waals surface area (Å²) in [5.41, 5.74) is 13.1. The van der Waals surface area contributed by atoms with Crippen LogP contribution in [0.4, 0.5) is 0 Å². The van der Waals surface area contributed by atoms with Crippen LogP contribution in [0, 0.1) is 22.7 Å². The van der Waals surface area contributed by atoms with E-state index in [-0.39, 0.29) is 0 Å². The van der Waals surface area contributed by atoms with Gasteiger partial charge in [-0.05, 0) is 99.6 Å². The molecule has 60 heavy (non-hydrogen) atoms. The summed E-state index contributed by atoms with van der Waals surface area (Å²) in [7, 11) is 0. The molecule has 4 heterocycles. The van der Waals surface area contributed by atoms with Gasteiger partial charge in [0.05, 0.1) is 39.8 Å². The Bertz CT molecular complexity index is 3540. The highest BCUT2D eigenvalue weighted by Gasteiger charge is 2.21. The SMILES string of the molecule is N#Cc1ccc2c(c1)c1ccccc1n2-c1cc(-c2ccccc2-c2ccccc2-c2ccccc2-c2ccccc2C#N)cc(-n2c3ccccc3c3cccnc32)n1. The van der Waals surface area contributed by atoms with Gasteiger partial charge in [0.25, 0.3) is 0 Å². The average Bonchev–Trinajstić information content (AvgIpc) is 3.84. The number of pyridine rings is 2. The van der Waals surface area contributed by atoms with Crippen LogP contribution in [0.25, 0.3) is 99.9 Å². The van der Waals surface area contributed by atoms with Crippen molar-refractivity contribution in [3.05, 3.63) is 205 Å². The summed E-state index contributed by atoms with van der Waals surface area (Å²) in [6, 6.07) is 68.9. The third kappa shape index (κ3) is 5.48. The van der Waals surface area contributed by atoms with Crippen LogP contribution in [-0.4, -0.2) is 19.1 Å². The van der Waals surface area contributed by atoms with Crippen molar-refractivity contribution in [2.24, 2.45) is 0 Å². The Morgan fingerprint density at radius 1 is 0.383 bits per heavy atom. The number of benzene rings is 7. The van der Waals surface area contributed by atoms with Gasteiger partial charge in [-0.2, -0.15) is 10.5 Å². The topological polar surface area (TPSA) is 83.2 Å². The van der Waals surface area contributed by atoms with E-state index in [9.17, 15) is 10.5 Å². The molecule has 6 nitrogen and oxygen atoms in total. The molecular formula is C54H32N6. The van der Waals surface area contributed by atoms with Crippen LogP contribution < -0.4 is 0 Å². The van der Waals surface area contributed by atoms with Crippen molar-refractivity contribution in [3.8, 4) is 68.3 Å². The van der Waals surface area contributed by atoms with Gasteiger partial charge < -0.3 is 0 Å². The van der Waals surface area contributed by atoms with Crippen molar-refractivity contribution in [2.45, 2.75) is 0 Å². The van der Waals surface area contributed by atoms with Gasteiger partial charge in [0.1, 0.15) is 17.3 Å². The van der Waals surface area contributed by atoms with Crippen molar-refractivity contribution < 1.29 is 0 Å². The molecule has 0 saturated heterocycles. The van der Waals surface area contributed by atoms with Gasteiger partial charge in [-0.3, -0.25) is 9.13 Å². The number of rotatable bonds is 6. The highest BCUT2D eigenvalue weighted by Crippen LogP contribution is 2.43. The summed E-state index contributed by atoms with van der Waals surface area (Å²) in [5, 5.41) is 24.2. The zero-order valence-corrected chi connectivity index (χ0v) is 32.2. The van der Waals surface area contributed by atoms with Crippen molar-refractivity contribution in [3.63, 3.8) is 0 Å². The second-order valence-corrected chi connectivity index (χ2v) is 14.8. The number of para-hydroxylation sites is 2. The highest BCUT2D eigenvalue weighted by molar-refractivity contribution is 6.10. The first-order chi connectivity index (χ1) is 29.7. The molecule has 0 amide bonds. The zero-order valence-electron chi connectivity index (χ0n) is 32.2. The van der Waals surface area contributed by atoms with Crippen molar-refractivity contribution in [1.29, 1.82) is 10.5 Å². The second kappa shape index (κ2) is 14.1. The molecule has 0 aliphatic heterocycles. The minimum absolute atomic E-state index is 0.606. The monoisotopic (exact) mass is 764 g/mol. The zero-order chi connectivity index (χ0) is 40.2. The maximum absolute atomic E-state index is 10.1. The first kappa shape index (κ1) is 34.7. The third-order valence-electron chi connectivity index (χ3n) is 11.5. The first-order valence-electron chi connectivity index (χ1n) is 19.8. The van der Waals surface area contributed by atoms with Crippen LogP contribution in [0.5, 0.6) is 0 Å². The average molecular weight is 765 g/mol. The normalized spacial score (nSPS) is 11.3. The Hall–Kier alpha value is -8.58. The van der Waals surface area contributed by atoms with Gasteiger partial charge in [-0.15, -0.1) is 0 Å². The number of hydrogen-bond acceptors (Lipinski definition) is 4. The van der Waals surface area contributed by atoms with Gasteiger partial charge in [-0.1, -0.05) is 127 Å². The van der Waals surface area contributed by atoms with Gasteiger partial charge in [0.2, 0.25) is 0 Å². The molecule has 0 spiro atoms. The molecule has 4 aromatic heterocycles. The molecule has 11 rings (SSSR count). The summed E-state index contributed by atoms with van der Waals surface area (Å²) in [6.45, 7) is 0. The summed E-state index contributed by atoms with van der Waals surface area (Å²) in [6.07, 6.45) is 1.83. The van der Waals surface area contributed by atoms with Crippen LogP contribution >= 0.6 is 0 Å². The second-order valence-electron chi connectivity index (χ2n) is 14.8. The molecular weight excluding hydrogens is 733 g/mol. The number of aromatic nitrogens is 4. The van der Waals surface area contributed by atoms with Crippen LogP contribution in [0.15, 0.2) is 194 Å². The quantitative estimate of drug-likeness (QED) is 0.169. The summed E-state index contributed by atoms with van der Waals surface area (Å²) >= 11 is 0. The lowest BCUT2D eigenvalue weighted by atomic mass is 9.86. The number of nitriles is 2. The molecule has 11 aromatic rings. The summed E-state index contributed by atoms with van der Waals surface area (Å²) < 4.78 is 4.37. The van der Waals surface area contributed by atoms with Crippen molar-refractivity contribution >= 4 is 43.7 Å². The molecule has 0 fully saturated rings. The standard InChI is InChI=1S/C54H32N6/c55-33-35-27-28-51-48(30-35)46-23-10-11-25-49(46)59(51)52-31-37(32-53(58-52)60-50-26-12-9-22-45(50)47-24-13-29-57-54(47)60)39-16-3-4-18-41(39)43-20-7-8-21-44(43)42-19-6-5-17-40(42)38-15-2-1-14-36(38)34-56/h1-32H. The number of hydrogen-bond donors (Lipinski definition) is 0. The number of nitrogens with zero attached hydrogens (tertiary/aromatic N) is 6. The Labute approximate surface area is 345 Å². The van der Waals surface area contributed by atoms with E-state index in [4.69, 9.17) is 9.97 Å². The van der Waals surface area contributed by atoms with E-state index in [0.717, 1.165) is 99.9 Å². The van der Waals surface area contributed by atoms with E-state index in [1.807, 2.05) is 72.9 Å². The molecule has 7 aromatic carbocycles. The van der Waals surface area contributed by atoms with Gasteiger partial charge >= 0.3 is 0 Å². The fourth-order valence-corrected chi connectivity index (χ4v) is 8.89. The van der Waals surface area contributed by atoms with E-state index in [1.54, 1.807) is 0 Å². The van der Waals surface area contributed by atoms with Crippen LogP contribution in [0.1, 0.15) is 11.1 Å². The smallest absolute Gasteiger partial charge is 0.146 e. The maximum Gasteiger partial charge on any atom is 0.146 e. The largest absolute Gasteiger partial charge is 0.294 e. The molecule has 0 bridgehead atoms. The van der Waals surface area contributed by atoms with Crippen LogP contribution in [0.3, 0.4) is 0 Å². The van der Waals surface area contributed by atoms with E-state index in [0.29, 0.717) is 11.1 Å². The summed E-state index contributed by atoms with van der Waals surface area (Å²) in [4.78, 5) is 10.4. The summed E-state index contributed by atoms with van der Waals surface area (Å²) in [5.74, 6) is 1.47. The predicted molar refractivity (Wildman–Crippen MR) is 242 cm³/mol. The predicted octanol–water partition coefficient (Wildman–Crippen LogP) is 13.1. The third-order valence-corrected chi connectivity index (χ3v) is 11.5. The maximum atomic E-state index is 10.1. The molecule has 0 saturated carbocycles. The Balaban J connectivity index is 1.20. The van der Waals surface area contributed by atoms with E-state index in [2.05, 4.69) is 143 Å². The minimum atomic E-state index is 0.606. The van der Waals surface area contributed by atoms with E-state index >= 15 is 0 Å². The highest BCUT2D eigenvalue weighted by atomic mass is 15.2. The molecule has 6 heteroatoms. The van der Waals surface area contributed by atoms with Crippen LogP contribution in [-0.2, 0) is 0 Å². The fourth-order valence-electron chi connectivity index (χ4n) is 8.89. The number of fused-ring (bicyclic) bond motifs is 6. The van der Waals surface area contributed by atoms with Gasteiger partial charge in [0, 0.05) is 33.3 Å². The van der Waals surface area contributed by atoms with E-state index < -0.39 is 0 Å². The van der Waals surface area contributed by atoms with Crippen molar-refractivity contribution in [2.75, 3.05) is 0 Å². The molecule has 0 aliphatic rings. The minimum Gasteiger partial charge on any atom is -0.294 e. The molecule has 0 unspecified atom stereocenters. The van der Waals surface area contributed by atoms with E-state index in [1.165, 1.54) is 0 Å². The molecule has 278 valence electrons. The molecule has 0 N–H and O–H groups in total. The Kier molecular flexibility index (Phi) is 8.15. The Morgan fingerprint density at radius 2 is 0.867 bits per heavy atom. The van der Waals surface area contributed by atoms with Crippen molar-refractivity contribution in [1.82, 2.24) is 19.1 Å². The Morgan fingerprint density at radius 3 is 1.52 bits per heavy atom. The molecule has 0 radical (unpaired) electrons. The molecule has 0 aliphatic carbocycles. The van der Waals surface area contributed by atoms with Crippen LogP contribution in [0.2, 0.25) is 0 Å². The lowest BCUT2D eigenvalue weighted by molar-refractivity contribution is 1.00. The van der Waals surface area contributed by atoms with Gasteiger partial charge in [0.15, 0.2) is 0 Å². The lowest BCUT2D eigenvalue weighted by Gasteiger charge is -2.19. The first-order valence-corrected chi connectivity index (χ1v) is 19.8. The molecule has 0 atom stereocenters. The fraction of sp³-hybridized carbons (Fsp3) is 0.